The Balaban J connectivity index is 2.50. The van der Waals surface area contributed by atoms with E-state index in [9.17, 15) is 10.1 Å². The third kappa shape index (κ3) is 4.45. The van der Waals surface area contributed by atoms with Crippen molar-refractivity contribution in [3.8, 4) is 12.3 Å². The Morgan fingerprint density at radius 2 is 2.24 bits per heavy atom. The Morgan fingerprint density at radius 1 is 1.47 bits per heavy atom. The summed E-state index contributed by atoms with van der Waals surface area (Å²) < 4.78 is 0.698. The summed E-state index contributed by atoms with van der Waals surface area (Å²) in [7, 11) is 0. The fourth-order valence-corrected chi connectivity index (χ4v) is 1.84. The van der Waals surface area contributed by atoms with Crippen molar-refractivity contribution in [2.45, 2.75) is 19.3 Å². The van der Waals surface area contributed by atoms with Gasteiger partial charge in [-0.2, -0.15) is 0 Å². The Bertz CT molecular complexity index is 441. The number of nitro benzene ring substituents is 1. The average molecular weight is 297 g/mol. The monoisotopic (exact) mass is 296 g/mol. The number of terminal acetylenes is 1. The summed E-state index contributed by atoms with van der Waals surface area (Å²) in [5.74, 6) is 2.59. The lowest BCUT2D eigenvalue weighted by molar-refractivity contribution is -0.384. The Labute approximate surface area is 109 Å². The van der Waals surface area contributed by atoms with Crippen LogP contribution in [0, 0.1) is 22.5 Å². The molecule has 17 heavy (non-hydrogen) atoms. The highest BCUT2D eigenvalue weighted by Crippen LogP contribution is 2.26. The van der Waals surface area contributed by atoms with Gasteiger partial charge in [-0.1, -0.05) is 0 Å². The van der Waals surface area contributed by atoms with Crippen molar-refractivity contribution in [3.05, 3.63) is 32.8 Å². The number of benzene rings is 1. The number of hydrogen-bond donors (Lipinski definition) is 1. The molecule has 0 saturated heterocycles. The average Bonchev–Trinajstić information content (AvgIpc) is 2.30. The lowest BCUT2D eigenvalue weighted by atomic mass is 10.2. The SMILES string of the molecule is C#CCCCCNc1ccc([N+](=O)[O-])cc1Br. The molecule has 0 unspecified atom stereocenters. The molecule has 1 aromatic rings. The first-order valence-corrected chi connectivity index (χ1v) is 6.05. The van der Waals surface area contributed by atoms with Crippen molar-refractivity contribution in [2.24, 2.45) is 0 Å². The second kappa shape index (κ2) is 6.92. The van der Waals surface area contributed by atoms with Gasteiger partial charge in [0, 0.05) is 35.3 Å². The van der Waals surface area contributed by atoms with Crippen LogP contribution in [0.5, 0.6) is 0 Å². The zero-order chi connectivity index (χ0) is 12.7. The molecule has 0 saturated carbocycles. The van der Waals surface area contributed by atoms with Gasteiger partial charge < -0.3 is 5.32 Å². The molecule has 0 aromatic heterocycles. The number of nitro groups is 1. The summed E-state index contributed by atoms with van der Waals surface area (Å²) in [6.45, 7) is 0.804. The molecular weight excluding hydrogens is 284 g/mol. The molecule has 0 bridgehead atoms. The maximum atomic E-state index is 10.5. The summed E-state index contributed by atoms with van der Waals surface area (Å²) in [5, 5.41) is 13.7. The van der Waals surface area contributed by atoms with Gasteiger partial charge >= 0.3 is 0 Å². The number of nitrogens with zero attached hydrogens (tertiary/aromatic N) is 1. The van der Waals surface area contributed by atoms with E-state index in [1.807, 2.05) is 0 Å². The van der Waals surface area contributed by atoms with Crippen LogP contribution in [0.2, 0.25) is 0 Å². The zero-order valence-corrected chi connectivity index (χ0v) is 10.9. The van der Waals surface area contributed by atoms with Crippen LogP contribution in [0.15, 0.2) is 22.7 Å². The quantitative estimate of drug-likeness (QED) is 0.378. The molecule has 0 aliphatic rings. The molecular formula is C12H13BrN2O2. The van der Waals surface area contributed by atoms with Crippen molar-refractivity contribution in [3.63, 3.8) is 0 Å². The fraction of sp³-hybridized carbons (Fsp3) is 0.333. The topological polar surface area (TPSA) is 55.2 Å². The van der Waals surface area contributed by atoms with E-state index < -0.39 is 4.92 Å². The molecule has 4 nitrogen and oxygen atoms in total. The standard InChI is InChI=1S/C12H13BrN2O2/c1-2-3-4-5-8-14-12-7-6-10(15(16)17)9-11(12)13/h1,6-7,9,14H,3-5,8H2. The van der Waals surface area contributed by atoms with Crippen molar-refractivity contribution in [1.82, 2.24) is 0 Å². The van der Waals surface area contributed by atoms with E-state index in [4.69, 9.17) is 6.42 Å². The first-order valence-electron chi connectivity index (χ1n) is 5.26. The number of unbranched alkanes of at least 4 members (excludes halogenated alkanes) is 2. The smallest absolute Gasteiger partial charge is 0.270 e. The fourth-order valence-electron chi connectivity index (χ4n) is 1.34. The molecule has 0 aliphatic heterocycles. The van der Waals surface area contributed by atoms with Gasteiger partial charge in [-0.25, -0.2) is 0 Å². The summed E-state index contributed by atoms with van der Waals surface area (Å²) >= 11 is 3.30. The predicted molar refractivity (Wildman–Crippen MR) is 72.0 cm³/mol. The second-order valence-corrected chi connectivity index (χ2v) is 4.36. The number of halogens is 1. The van der Waals surface area contributed by atoms with E-state index in [0.717, 1.165) is 31.5 Å². The van der Waals surface area contributed by atoms with Crippen LogP contribution < -0.4 is 5.32 Å². The van der Waals surface area contributed by atoms with Crippen LogP contribution in [-0.4, -0.2) is 11.5 Å². The van der Waals surface area contributed by atoms with Gasteiger partial charge in [0.1, 0.15) is 0 Å². The van der Waals surface area contributed by atoms with Crippen LogP contribution in [0.1, 0.15) is 19.3 Å². The zero-order valence-electron chi connectivity index (χ0n) is 9.28. The molecule has 0 spiro atoms. The maximum absolute atomic E-state index is 10.5. The minimum Gasteiger partial charge on any atom is -0.384 e. The summed E-state index contributed by atoms with van der Waals surface area (Å²) in [6, 6.07) is 4.67. The third-order valence-electron chi connectivity index (χ3n) is 2.23. The Morgan fingerprint density at radius 3 is 2.82 bits per heavy atom. The van der Waals surface area contributed by atoms with Crippen molar-refractivity contribution >= 4 is 27.3 Å². The normalized spacial score (nSPS) is 9.65. The molecule has 0 heterocycles. The maximum Gasteiger partial charge on any atom is 0.270 e. The lowest BCUT2D eigenvalue weighted by Gasteiger charge is -2.07. The number of non-ortho nitro benzene ring substituents is 1. The summed E-state index contributed by atoms with van der Waals surface area (Å²) in [5.41, 5.74) is 0.936. The highest BCUT2D eigenvalue weighted by molar-refractivity contribution is 9.10. The molecule has 1 rings (SSSR count). The van der Waals surface area contributed by atoms with Crippen LogP contribution in [0.3, 0.4) is 0 Å². The molecule has 0 fully saturated rings. The third-order valence-corrected chi connectivity index (χ3v) is 2.88. The minimum absolute atomic E-state index is 0.0785. The number of nitrogens with one attached hydrogen (secondary N) is 1. The Kier molecular flexibility index (Phi) is 5.50. The van der Waals surface area contributed by atoms with Gasteiger partial charge in [0.15, 0.2) is 0 Å². The van der Waals surface area contributed by atoms with Gasteiger partial charge in [0.25, 0.3) is 5.69 Å². The van der Waals surface area contributed by atoms with E-state index in [2.05, 4.69) is 27.2 Å². The summed E-state index contributed by atoms with van der Waals surface area (Å²) in [6.07, 6.45) is 7.89. The number of rotatable bonds is 6. The van der Waals surface area contributed by atoms with E-state index >= 15 is 0 Å². The van der Waals surface area contributed by atoms with E-state index in [-0.39, 0.29) is 5.69 Å². The van der Waals surface area contributed by atoms with Crippen LogP contribution in [0.25, 0.3) is 0 Å². The molecule has 5 heteroatoms. The van der Waals surface area contributed by atoms with Gasteiger partial charge in [-0.05, 0) is 34.8 Å². The van der Waals surface area contributed by atoms with Crippen LogP contribution >= 0.6 is 15.9 Å². The van der Waals surface area contributed by atoms with Gasteiger partial charge in [-0.15, -0.1) is 12.3 Å². The van der Waals surface area contributed by atoms with Gasteiger partial charge in [0.2, 0.25) is 0 Å². The number of hydrogen-bond acceptors (Lipinski definition) is 3. The van der Waals surface area contributed by atoms with Crippen LogP contribution in [0.4, 0.5) is 11.4 Å². The first-order chi connectivity index (χ1) is 8.15. The lowest BCUT2D eigenvalue weighted by Crippen LogP contribution is -2.02. The first kappa shape index (κ1) is 13.5. The second-order valence-electron chi connectivity index (χ2n) is 3.51. The summed E-state index contributed by atoms with van der Waals surface area (Å²) in [4.78, 5) is 10.1. The van der Waals surface area contributed by atoms with Gasteiger partial charge in [0.05, 0.1) is 4.92 Å². The molecule has 1 aromatic carbocycles. The van der Waals surface area contributed by atoms with E-state index in [1.54, 1.807) is 6.07 Å². The molecule has 0 radical (unpaired) electrons. The van der Waals surface area contributed by atoms with Crippen LogP contribution in [-0.2, 0) is 0 Å². The molecule has 0 atom stereocenters. The van der Waals surface area contributed by atoms with Crippen molar-refractivity contribution < 1.29 is 4.92 Å². The highest BCUT2D eigenvalue weighted by Gasteiger charge is 2.08. The highest BCUT2D eigenvalue weighted by atomic mass is 79.9. The predicted octanol–water partition coefficient (Wildman–Crippen LogP) is 3.57. The van der Waals surface area contributed by atoms with E-state index in [0.29, 0.717) is 4.47 Å². The van der Waals surface area contributed by atoms with E-state index in [1.165, 1.54) is 12.1 Å². The molecule has 0 aliphatic carbocycles. The number of anilines is 1. The molecule has 90 valence electrons. The molecule has 0 amide bonds. The minimum atomic E-state index is -0.415. The molecule has 1 N–H and O–H groups in total. The largest absolute Gasteiger partial charge is 0.384 e. The van der Waals surface area contributed by atoms with Gasteiger partial charge in [-0.3, -0.25) is 10.1 Å². The Hall–Kier alpha value is -1.54. The van der Waals surface area contributed by atoms with Crippen molar-refractivity contribution in [1.29, 1.82) is 0 Å². The van der Waals surface area contributed by atoms with Crippen molar-refractivity contribution in [2.75, 3.05) is 11.9 Å².